The number of hydrogen-bond donors (Lipinski definition) is 0. The zero-order chi connectivity index (χ0) is 7.02. The van der Waals surface area contributed by atoms with E-state index in [-0.39, 0.29) is 14.5 Å². The summed E-state index contributed by atoms with van der Waals surface area (Å²) in [5.41, 5.74) is 0. The number of rotatable bonds is 0. The Hall–Kier alpha value is 1.16. The fraction of sp³-hybridized carbons (Fsp3) is 0. The molecule has 0 fully saturated rings. The van der Waals surface area contributed by atoms with E-state index in [4.69, 9.17) is 46.4 Å². The molecule has 1 aromatic rings. The second-order valence-electron chi connectivity index (χ2n) is 1.28. The van der Waals surface area contributed by atoms with Crippen LogP contribution in [0.4, 0.5) is 0 Å². The minimum absolute atomic E-state index is 0.0444. The predicted octanol–water partition coefficient (Wildman–Crippen LogP) is 3.36. The van der Waals surface area contributed by atoms with Crippen LogP contribution < -0.4 is 0 Å². The average Bonchev–Trinajstić information content (AvgIpc) is 1.98. The van der Waals surface area contributed by atoms with Gasteiger partial charge in [-0.2, -0.15) is 0 Å². The van der Waals surface area contributed by atoms with Gasteiger partial charge in [0.1, 0.15) is 0 Å². The molecular formula is C4Cl4Se. The summed E-state index contributed by atoms with van der Waals surface area (Å²) < 4.78 is 1.17. The van der Waals surface area contributed by atoms with Gasteiger partial charge in [0.05, 0.1) is 0 Å². The van der Waals surface area contributed by atoms with Crippen LogP contribution in [-0.4, -0.2) is 14.5 Å². The summed E-state index contributed by atoms with van der Waals surface area (Å²) in [4.78, 5) is 0. The Balaban J connectivity index is 3.29. The first-order valence-corrected chi connectivity index (χ1v) is 5.14. The first kappa shape index (κ1) is 8.26. The molecule has 0 aliphatic carbocycles. The Kier molecular flexibility index (Phi) is 2.79. The van der Waals surface area contributed by atoms with Crippen molar-refractivity contribution in [2.24, 2.45) is 0 Å². The van der Waals surface area contributed by atoms with Crippen molar-refractivity contribution in [2.45, 2.75) is 0 Å². The van der Waals surface area contributed by atoms with Gasteiger partial charge in [0.25, 0.3) is 0 Å². The van der Waals surface area contributed by atoms with Crippen molar-refractivity contribution in [1.29, 1.82) is 0 Å². The normalized spacial score (nSPS) is 10.2. The molecule has 0 nitrogen and oxygen atoms in total. The molecule has 0 amide bonds. The second kappa shape index (κ2) is 3.04. The van der Waals surface area contributed by atoms with Crippen LogP contribution in [0.3, 0.4) is 0 Å². The Morgan fingerprint density at radius 2 is 1.11 bits per heavy atom. The standard InChI is InChI=1S/C4Cl4Se/c5-1-2(6)4(8)9-3(1)7. The summed E-state index contributed by atoms with van der Waals surface area (Å²) in [7, 11) is 0. The molecule has 0 aromatic carbocycles. The van der Waals surface area contributed by atoms with Crippen molar-refractivity contribution in [2.75, 3.05) is 0 Å². The molecule has 5 heteroatoms. The molecule has 0 aliphatic rings. The van der Waals surface area contributed by atoms with Crippen LogP contribution >= 0.6 is 46.4 Å². The molecule has 0 saturated carbocycles. The van der Waals surface area contributed by atoms with Crippen LogP contribution in [0.25, 0.3) is 0 Å². The van der Waals surface area contributed by atoms with E-state index in [0.717, 1.165) is 0 Å². The van der Waals surface area contributed by atoms with Crippen molar-refractivity contribution < 1.29 is 0 Å². The maximum absolute atomic E-state index is 5.62. The van der Waals surface area contributed by atoms with Gasteiger partial charge in [0.15, 0.2) is 0 Å². The van der Waals surface area contributed by atoms with Crippen molar-refractivity contribution in [3.05, 3.63) is 17.8 Å². The molecule has 0 bridgehead atoms. The van der Waals surface area contributed by atoms with E-state index >= 15 is 0 Å². The van der Waals surface area contributed by atoms with E-state index in [1.54, 1.807) is 0 Å². The van der Waals surface area contributed by atoms with Gasteiger partial charge in [-0.3, -0.25) is 0 Å². The molecule has 1 heterocycles. The van der Waals surface area contributed by atoms with E-state index in [1.165, 1.54) is 0 Å². The fourth-order valence-corrected chi connectivity index (χ4v) is 3.61. The van der Waals surface area contributed by atoms with Crippen molar-refractivity contribution >= 4 is 60.9 Å². The molecule has 0 atom stereocenters. The Morgan fingerprint density at radius 1 is 0.778 bits per heavy atom. The third kappa shape index (κ3) is 1.59. The molecule has 0 saturated heterocycles. The van der Waals surface area contributed by atoms with Gasteiger partial charge in [-0.05, 0) is 0 Å². The van der Waals surface area contributed by atoms with E-state index in [0.29, 0.717) is 17.8 Å². The molecule has 0 spiro atoms. The fourth-order valence-electron chi connectivity index (χ4n) is 0.341. The van der Waals surface area contributed by atoms with Gasteiger partial charge in [-0.25, -0.2) is 0 Å². The molecule has 0 radical (unpaired) electrons. The summed E-state index contributed by atoms with van der Waals surface area (Å²) in [6, 6.07) is 0. The minimum atomic E-state index is -0.0444. The summed E-state index contributed by atoms with van der Waals surface area (Å²) in [5, 5.41) is 0.812. The molecule has 0 aliphatic heterocycles. The third-order valence-electron chi connectivity index (χ3n) is 0.717. The van der Waals surface area contributed by atoms with Crippen LogP contribution in [-0.2, 0) is 0 Å². The molecule has 0 unspecified atom stereocenters. The summed E-state index contributed by atoms with van der Waals surface area (Å²) in [5.74, 6) is 0. The zero-order valence-electron chi connectivity index (χ0n) is 3.92. The SMILES string of the molecule is Clc1[se]c(Cl)c(Cl)c1Cl. The van der Waals surface area contributed by atoms with E-state index in [1.807, 2.05) is 0 Å². The van der Waals surface area contributed by atoms with E-state index in [2.05, 4.69) is 0 Å². The van der Waals surface area contributed by atoms with Gasteiger partial charge in [-0.1, -0.05) is 0 Å². The zero-order valence-corrected chi connectivity index (χ0v) is 8.66. The van der Waals surface area contributed by atoms with Crippen molar-refractivity contribution in [3.8, 4) is 0 Å². The average molecular weight is 269 g/mol. The Labute approximate surface area is 78.4 Å². The maximum atomic E-state index is 5.62. The van der Waals surface area contributed by atoms with Crippen LogP contribution in [0.15, 0.2) is 0 Å². The topological polar surface area (TPSA) is 0 Å². The van der Waals surface area contributed by atoms with Gasteiger partial charge in [-0.15, -0.1) is 0 Å². The van der Waals surface area contributed by atoms with Crippen LogP contribution in [0.2, 0.25) is 17.8 Å². The number of hydrogen-bond acceptors (Lipinski definition) is 0. The van der Waals surface area contributed by atoms with E-state index in [9.17, 15) is 0 Å². The van der Waals surface area contributed by atoms with Gasteiger partial charge < -0.3 is 0 Å². The first-order valence-electron chi connectivity index (χ1n) is 1.91. The van der Waals surface area contributed by atoms with Gasteiger partial charge >= 0.3 is 78.7 Å². The molecule has 50 valence electrons. The molecule has 9 heavy (non-hydrogen) atoms. The molecule has 1 rings (SSSR count). The predicted molar refractivity (Wildman–Crippen MR) is 43.4 cm³/mol. The molecule has 0 N–H and O–H groups in total. The van der Waals surface area contributed by atoms with Crippen molar-refractivity contribution in [1.82, 2.24) is 0 Å². The first-order chi connectivity index (χ1) is 4.13. The Bertz CT molecular complexity index is 206. The number of halogens is 4. The van der Waals surface area contributed by atoms with Crippen LogP contribution in [0.5, 0.6) is 0 Å². The van der Waals surface area contributed by atoms with Gasteiger partial charge in [0, 0.05) is 0 Å². The van der Waals surface area contributed by atoms with Crippen LogP contribution in [0.1, 0.15) is 0 Å². The molecule has 1 aromatic heterocycles. The summed E-state index contributed by atoms with van der Waals surface area (Å²) >= 11 is 22.4. The second-order valence-corrected chi connectivity index (χ2v) is 5.95. The summed E-state index contributed by atoms with van der Waals surface area (Å²) in [6.45, 7) is 0. The monoisotopic (exact) mass is 268 g/mol. The quantitative estimate of drug-likeness (QED) is 0.633. The Morgan fingerprint density at radius 3 is 1.22 bits per heavy atom. The summed E-state index contributed by atoms with van der Waals surface area (Å²) in [6.07, 6.45) is 0. The van der Waals surface area contributed by atoms with E-state index < -0.39 is 0 Å². The van der Waals surface area contributed by atoms with Crippen molar-refractivity contribution in [3.63, 3.8) is 0 Å². The van der Waals surface area contributed by atoms with Gasteiger partial charge in [0.2, 0.25) is 0 Å². The third-order valence-corrected chi connectivity index (χ3v) is 5.06. The molecular weight excluding hydrogens is 269 g/mol. The van der Waals surface area contributed by atoms with Crippen LogP contribution in [0, 0.1) is 0 Å².